The number of imidazole rings is 1. The van der Waals surface area contributed by atoms with E-state index in [2.05, 4.69) is 50.1 Å². The summed E-state index contributed by atoms with van der Waals surface area (Å²) in [5.41, 5.74) is 16.4. The van der Waals surface area contributed by atoms with E-state index in [4.69, 9.17) is 21.2 Å². The Bertz CT molecular complexity index is 1850. The van der Waals surface area contributed by atoms with E-state index < -0.39 is 6.04 Å². The molecule has 4 aromatic rings. The van der Waals surface area contributed by atoms with Crippen LogP contribution in [0.1, 0.15) is 54.6 Å². The number of amides is 2. The van der Waals surface area contributed by atoms with Gasteiger partial charge in [-0.3, -0.25) is 24.3 Å². The number of nitrogens with two attached hydrogens (primary N) is 2. The molecule has 7 N–H and O–H groups in total. The van der Waals surface area contributed by atoms with E-state index in [1.54, 1.807) is 19.1 Å². The Morgan fingerprint density at radius 2 is 1.94 bits per heavy atom. The van der Waals surface area contributed by atoms with Gasteiger partial charge in [0.25, 0.3) is 5.91 Å². The fourth-order valence-corrected chi connectivity index (χ4v) is 6.54. The molecule has 2 aliphatic rings. The first-order valence-corrected chi connectivity index (χ1v) is 16.8. The molecule has 1 aromatic heterocycles. The summed E-state index contributed by atoms with van der Waals surface area (Å²) in [6.45, 7) is 5.40. The highest BCUT2D eigenvalue weighted by Crippen LogP contribution is 2.39. The second-order valence-corrected chi connectivity index (χ2v) is 12.4. The van der Waals surface area contributed by atoms with Gasteiger partial charge in [-0.1, -0.05) is 30.3 Å². The van der Waals surface area contributed by atoms with Crippen LogP contribution in [0.15, 0.2) is 71.7 Å². The van der Waals surface area contributed by atoms with Gasteiger partial charge in [-0.2, -0.15) is 0 Å². The molecule has 49 heavy (non-hydrogen) atoms. The third-order valence-electron chi connectivity index (χ3n) is 8.83. The summed E-state index contributed by atoms with van der Waals surface area (Å²) in [7, 11) is 0. The topological polar surface area (TPSA) is 182 Å². The monoisotopic (exact) mass is 665 g/mol. The molecule has 2 atom stereocenters. The van der Waals surface area contributed by atoms with Crippen molar-refractivity contribution in [1.29, 1.82) is 0 Å². The van der Waals surface area contributed by atoms with Crippen molar-refractivity contribution in [1.82, 2.24) is 19.8 Å². The zero-order valence-corrected chi connectivity index (χ0v) is 27.7. The van der Waals surface area contributed by atoms with Crippen LogP contribution in [0.4, 0.5) is 11.4 Å². The van der Waals surface area contributed by atoms with Crippen LogP contribution in [0, 0.1) is 0 Å². The number of nitrogens with zero attached hydrogens (tertiary/aromatic N) is 4. The van der Waals surface area contributed by atoms with Crippen molar-refractivity contribution in [3.8, 4) is 11.4 Å². The summed E-state index contributed by atoms with van der Waals surface area (Å²) in [6.07, 6.45) is 2.13. The fourth-order valence-electron chi connectivity index (χ4n) is 6.54. The van der Waals surface area contributed by atoms with E-state index in [1.165, 1.54) is 5.56 Å². The maximum atomic E-state index is 13.8. The van der Waals surface area contributed by atoms with Crippen molar-refractivity contribution < 1.29 is 19.1 Å². The maximum absolute atomic E-state index is 13.8. The number of carbonyl (C=O) groups is 3. The fraction of sp³-hybridized carbons (Fsp3) is 0.361. The number of hydrogen-bond acceptors (Lipinski definition) is 8. The highest BCUT2D eigenvalue weighted by Gasteiger charge is 2.32. The third kappa shape index (κ3) is 8.00. The molecular formula is C36H43N9O4. The van der Waals surface area contributed by atoms with Crippen LogP contribution < -0.4 is 27.4 Å². The van der Waals surface area contributed by atoms with Crippen molar-refractivity contribution in [3.05, 3.63) is 77.9 Å². The summed E-state index contributed by atoms with van der Waals surface area (Å²) in [6, 6.07) is 21.3. The van der Waals surface area contributed by atoms with Crippen LogP contribution >= 0.6 is 0 Å². The van der Waals surface area contributed by atoms with Gasteiger partial charge >= 0.3 is 5.97 Å². The molecule has 6 rings (SSSR count). The minimum Gasteiger partial charge on any atom is -0.466 e. The van der Waals surface area contributed by atoms with Crippen LogP contribution in [-0.2, 0) is 20.9 Å². The van der Waals surface area contributed by atoms with Crippen LogP contribution in [0.25, 0.3) is 22.4 Å². The lowest BCUT2D eigenvalue weighted by Crippen LogP contribution is -2.26. The molecule has 0 radical (unpaired) electrons. The minimum absolute atomic E-state index is 0.00466. The van der Waals surface area contributed by atoms with Crippen molar-refractivity contribution in [2.75, 3.05) is 43.4 Å². The molecular weight excluding hydrogens is 622 g/mol. The van der Waals surface area contributed by atoms with Gasteiger partial charge in [0, 0.05) is 55.6 Å². The number of rotatable bonds is 13. The molecule has 13 heteroatoms. The molecule has 256 valence electrons. The number of aliphatic imine (C=N–C) groups is 1. The Morgan fingerprint density at radius 1 is 1.10 bits per heavy atom. The average Bonchev–Trinajstić information content (AvgIpc) is 3.66. The number of fused-ring (bicyclic) bond motifs is 5. The zero-order valence-electron chi connectivity index (χ0n) is 27.7. The molecule has 0 spiro atoms. The van der Waals surface area contributed by atoms with E-state index in [1.807, 2.05) is 34.9 Å². The highest BCUT2D eigenvalue weighted by atomic mass is 16.5. The van der Waals surface area contributed by atoms with Gasteiger partial charge < -0.3 is 36.7 Å². The summed E-state index contributed by atoms with van der Waals surface area (Å²) in [4.78, 5) is 50.1. The lowest BCUT2D eigenvalue weighted by atomic mass is 10.1. The lowest BCUT2D eigenvalue weighted by Gasteiger charge is -2.18. The summed E-state index contributed by atoms with van der Waals surface area (Å²) < 4.78 is 6.90. The Balaban J connectivity index is 1.28. The van der Waals surface area contributed by atoms with E-state index >= 15 is 0 Å². The Hall–Kier alpha value is -5.43. The smallest absolute Gasteiger partial charge is 0.307 e. The molecule has 3 heterocycles. The number of esters is 1. The van der Waals surface area contributed by atoms with Gasteiger partial charge in [0.05, 0.1) is 29.7 Å². The van der Waals surface area contributed by atoms with Gasteiger partial charge in [-0.05, 0) is 68.1 Å². The normalized spacial score (nSPS) is 17.0. The van der Waals surface area contributed by atoms with E-state index in [0.717, 1.165) is 42.8 Å². The number of ether oxygens (including phenoxy) is 1. The predicted octanol–water partition coefficient (Wildman–Crippen LogP) is 3.62. The highest BCUT2D eigenvalue weighted by molar-refractivity contribution is 6.03. The molecule has 2 aliphatic heterocycles. The standard InChI is InChI=1S/C36H43N9O4/c1-2-49-32(46)14-17-39-34(47)24-10-13-30-29(19-24)42-33-27-20-25(41-26-15-18-44(22-26)21-23-7-4-3-5-8-23)11-12-28(27)43-35(48)31(45(30)33)9-6-16-40-36(37)38/h3-5,7-8,10-13,19-20,26,31,41H,2,6,9,14-18,21-22H2,1H3,(H,39,47)(H,43,48)(H4,37,38,40). The summed E-state index contributed by atoms with van der Waals surface area (Å²) >= 11 is 0. The second kappa shape index (κ2) is 15.2. The Labute approximate surface area is 285 Å². The van der Waals surface area contributed by atoms with Crippen LogP contribution in [0.3, 0.4) is 0 Å². The van der Waals surface area contributed by atoms with Gasteiger partial charge in [0.2, 0.25) is 5.91 Å². The van der Waals surface area contributed by atoms with E-state index in [9.17, 15) is 14.4 Å². The van der Waals surface area contributed by atoms with Gasteiger partial charge in [-0.25, -0.2) is 4.98 Å². The van der Waals surface area contributed by atoms with Crippen LogP contribution in [0.5, 0.6) is 0 Å². The molecule has 1 saturated heterocycles. The Kier molecular flexibility index (Phi) is 10.4. The zero-order chi connectivity index (χ0) is 34.3. The Morgan fingerprint density at radius 3 is 2.73 bits per heavy atom. The summed E-state index contributed by atoms with van der Waals surface area (Å²) in [5, 5.41) is 9.61. The average molecular weight is 666 g/mol. The minimum atomic E-state index is -0.594. The van der Waals surface area contributed by atoms with Gasteiger partial charge in [0.1, 0.15) is 11.9 Å². The van der Waals surface area contributed by atoms with Crippen LogP contribution in [-0.4, -0.2) is 77.0 Å². The lowest BCUT2D eigenvalue weighted by molar-refractivity contribution is -0.142. The quantitative estimate of drug-likeness (QED) is 0.0617. The van der Waals surface area contributed by atoms with Gasteiger partial charge in [0.15, 0.2) is 5.96 Å². The first-order valence-electron chi connectivity index (χ1n) is 16.8. The number of aromatic nitrogens is 2. The first-order chi connectivity index (χ1) is 23.8. The third-order valence-corrected chi connectivity index (χ3v) is 8.83. The largest absolute Gasteiger partial charge is 0.466 e. The number of benzene rings is 3. The van der Waals surface area contributed by atoms with Crippen molar-refractivity contribution in [3.63, 3.8) is 0 Å². The first kappa shape index (κ1) is 33.5. The van der Waals surface area contributed by atoms with Crippen molar-refractivity contribution in [2.24, 2.45) is 16.5 Å². The molecule has 0 bridgehead atoms. The van der Waals surface area contributed by atoms with Crippen molar-refractivity contribution >= 4 is 46.2 Å². The number of likely N-dealkylation sites (tertiary alicyclic amines) is 1. The van der Waals surface area contributed by atoms with Crippen LogP contribution in [0.2, 0.25) is 0 Å². The number of nitrogens with one attached hydrogen (secondary N) is 3. The summed E-state index contributed by atoms with van der Waals surface area (Å²) in [5.74, 6) is -0.241. The SMILES string of the molecule is CCOC(=O)CCNC(=O)c1ccc2c(c1)nc1n2C(CCCN=C(N)N)C(=O)Nc2ccc(NC3CCN(Cc4ccccc4)C3)cc2-1. The molecule has 2 unspecified atom stereocenters. The predicted molar refractivity (Wildman–Crippen MR) is 190 cm³/mol. The molecule has 1 fully saturated rings. The molecule has 3 aromatic carbocycles. The van der Waals surface area contributed by atoms with E-state index in [0.29, 0.717) is 42.0 Å². The molecule has 2 amide bonds. The maximum Gasteiger partial charge on any atom is 0.307 e. The van der Waals surface area contributed by atoms with Gasteiger partial charge in [-0.15, -0.1) is 0 Å². The molecule has 0 aliphatic carbocycles. The molecule has 0 saturated carbocycles. The van der Waals surface area contributed by atoms with E-state index in [-0.39, 0.29) is 49.4 Å². The number of anilines is 2. The number of hydrogen-bond donors (Lipinski definition) is 5. The number of guanidine groups is 1. The number of carbonyl (C=O) groups excluding carboxylic acids is 3. The van der Waals surface area contributed by atoms with Crippen molar-refractivity contribution in [2.45, 2.75) is 51.2 Å². The molecule has 13 nitrogen and oxygen atoms in total. The second-order valence-electron chi connectivity index (χ2n) is 12.4.